The number of carbonyl (C=O) groups excluding carboxylic acids is 1. The van der Waals surface area contributed by atoms with E-state index in [1.54, 1.807) is 30.3 Å². The van der Waals surface area contributed by atoms with E-state index in [4.69, 9.17) is 5.11 Å². The molecule has 1 aliphatic rings. The summed E-state index contributed by atoms with van der Waals surface area (Å²) in [5.41, 5.74) is 1.25. The summed E-state index contributed by atoms with van der Waals surface area (Å²) in [6, 6.07) is 6.74. The van der Waals surface area contributed by atoms with Crippen LogP contribution in [0.25, 0.3) is 0 Å². The van der Waals surface area contributed by atoms with Crippen molar-refractivity contribution >= 4 is 11.9 Å². The lowest BCUT2D eigenvalue weighted by Crippen LogP contribution is -2.34. The SMILES string of the molecule is CCC#CC[C@H](C)[C@@H](O)C=CC1CCC(=O)N1CCc1ccc(C(=O)O)cc1. The van der Waals surface area contributed by atoms with Gasteiger partial charge in [-0.25, -0.2) is 4.79 Å². The number of aliphatic hydroxyl groups excluding tert-OH is 1. The zero-order chi connectivity index (χ0) is 20.5. The number of rotatable bonds is 8. The molecule has 0 saturated carbocycles. The molecule has 150 valence electrons. The molecule has 0 aromatic heterocycles. The molecule has 1 saturated heterocycles. The third kappa shape index (κ3) is 6.24. The van der Waals surface area contributed by atoms with Gasteiger partial charge in [0, 0.05) is 25.8 Å². The van der Waals surface area contributed by atoms with Gasteiger partial charge in [-0.15, -0.1) is 11.8 Å². The Balaban J connectivity index is 1.92. The number of hydrogen-bond acceptors (Lipinski definition) is 3. The molecular formula is C23H29NO4. The highest BCUT2D eigenvalue weighted by molar-refractivity contribution is 5.87. The summed E-state index contributed by atoms with van der Waals surface area (Å²) >= 11 is 0. The van der Waals surface area contributed by atoms with Crippen LogP contribution in [0, 0.1) is 17.8 Å². The molecular weight excluding hydrogens is 354 g/mol. The molecule has 1 aromatic rings. The maximum absolute atomic E-state index is 12.2. The summed E-state index contributed by atoms with van der Waals surface area (Å²) in [5, 5.41) is 19.3. The number of benzene rings is 1. The van der Waals surface area contributed by atoms with Gasteiger partial charge in [0.1, 0.15) is 0 Å². The molecule has 2 N–H and O–H groups in total. The van der Waals surface area contributed by atoms with E-state index in [1.165, 1.54) is 0 Å². The molecule has 0 bridgehead atoms. The summed E-state index contributed by atoms with van der Waals surface area (Å²) in [4.78, 5) is 25.0. The van der Waals surface area contributed by atoms with Crippen molar-refractivity contribution in [1.29, 1.82) is 0 Å². The summed E-state index contributed by atoms with van der Waals surface area (Å²) in [6.45, 7) is 4.55. The van der Waals surface area contributed by atoms with Gasteiger partial charge in [-0.2, -0.15) is 0 Å². The minimum Gasteiger partial charge on any atom is -0.478 e. The minimum absolute atomic E-state index is 0.00521. The third-order valence-corrected chi connectivity index (χ3v) is 5.06. The van der Waals surface area contributed by atoms with E-state index in [2.05, 4.69) is 11.8 Å². The average molecular weight is 383 g/mol. The normalized spacial score (nSPS) is 18.8. The lowest BCUT2D eigenvalue weighted by molar-refractivity contribution is -0.128. The molecule has 0 radical (unpaired) electrons. The fourth-order valence-electron chi connectivity index (χ4n) is 3.22. The van der Waals surface area contributed by atoms with E-state index < -0.39 is 12.1 Å². The minimum atomic E-state index is -0.945. The molecule has 2 rings (SSSR count). The number of hydrogen-bond donors (Lipinski definition) is 2. The van der Waals surface area contributed by atoms with E-state index in [9.17, 15) is 14.7 Å². The molecule has 1 unspecified atom stereocenters. The van der Waals surface area contributed by atoms with Crippen molar-refractivity contribution < 1.29 is 19.8 Å². The molecule has 28 heavy (non-hydrogen) atoms. The Bertz CT molecular complexity index is 757. The average Bonchev–Trinajstić information content (AvgIpc) is 3.04. The maximum atomic E-state index is 12.2. The summed E-state index contributed by atoms with van der Waals surface area (Å²) in [5.74, 6) is 5.30. The van der Waals surface area contributed by atoms with Crippen LogP contribution in [0.2, 0.25) is 0 Å². The van der Waals surface area contributed by atoms with Crippen LogP contribution in [-0.4, -0.2) is 45.7 Å². The van der Waals surface area contributed by atoms with E-state index >= 15 is 0 Å². The van der Waals surface area contributed by atoms with E-state index in [0.29, 0.717) is 25.8 Å². The van der Waals surface area contributed by atoms with Crippen molar-refractivity contribution in [2.24, 2.45) is 5.92 Å². The number of aromatic carboxylic acids is 1. The highest BCUT2D eigenvalue weighted by Crippen LogP contribution is 2.21. The number of carbonyl (C=O) groups is 2. The van der Waals surface area contributed by atoms with Crippen molar-refractivity contribution in [3.63, 3.8) is 0 Å². The van der Waals surface area contributed by atoms with Crippen LogP contribution in [0.4, 0.5) is 0 Å². The zero-order valence-electron chi connectivity index (χ0n) is 16.6. The molecule has 5 heteroatoms. The van der Waals surface area contributed by atoms with Gasteiger partial charge in [0.05, 0.1) is 17.7 Å². The predicted octanol–water partition coefficient (Wildman–Crippen LogP) is 3.28. The first-order valence-corrected chi connectivity index (χ1v) is 9.86. The number of carboxylic acid groups (broad SMARTS) is 1. The first-order chi connectivity index (χ1) is 13.4. The van der Waals surface area contributed by atoms with E-state index in [1.807, 2.05) is 24.8 Å². The van der Waals surface area contributed by atoms with E-state index in [-0.39, 0.29) is 23.4 Å². The summed E-state index contributed by atoms with van der Waals surface area (Å²) in [7, 11) is 0. The van der Waals surface area contributed by atoms with Crippen LogP contribution in [0.15, 0.2) is 36.4 Å². The second-order valence-electron chi connectivity index (χ2n) is 7.21. The molecule has 1 fully saturated rings. The number of likely N-dealkylation sites (tertiary alicyclic amines) is 1. The van der Waals surface area contributed by atoms with Crippen LogP contribution in [0.5, 0.6) is 0 Å². The van der Waals surface area contributed by atoms with Gasteiger partial charge >= 0.3 is 5.97 Å². The van der Waals surface area contributed by atoms with Crippen LogP contribution >= 0.6 is 0 Å². The van der Waals surface area contributed by atoms with Crippen molar-refractivity contribution in [1.82, 2.24) is 4.90 Å². The van der Waals surface area contributed by atoms with Gasteiger partial charge < -0.3 is 15.1 Å². The van der Waals surface area contributed by atoms with Gasteiger partial charge in [-0.3, -0.25) is 4.79 Å². The summed E-state index contributed by atoms with van der Waals surface area (Å²) in [6.07, 6.45) is 6.55. The molecule has 0 aliphatic carbocycles. The number of aliphatic hydroxyl groups is 1. The van der Waals surface area contributed by atoms with Gasteiger partial charge in [-0.1, -0.05) is 38.1 Å². The second kappa shape index (κ2) is 10.7. The zero-order valence-corrected chi connectivity index (χ0v) is 16.6. The Hall–Kier alpha value is -2.58. The van der Waals surface area contributed by atoms with E-state index in [0.717, 1.165) is 18.4 Å². The Kier molecular flexibility index (Phi) is 8.28. The van der Waals surface area contributed by atoms with Crippen LogP contribution in [-0.2, 0) is 11.2 Å². The maximum Gasteiger partial charge on any atom is 0.335 e. The number of carboxylic acids is 1. The third-order valence-electron chi connectivity index (χ3n) is 5.06. The topological polar surface area (TPSA) is 77.8 Å². The smallest absolute Gasteiger partial charge is 0.335 e. The first-order valence-electron chi connectivity index (χ1n) is 9.86. The Labute approximate surface area is 167 Å². The van der Waals surface area contributed by atoms with Crippen LogP contribution in [0.1, 0.15) is 55.5 Å². The lowest BCUT2D eigenvalue weighted by atomic mass is 10.00. The van der Waals surface area contributed by atoms with Gasteiger partial charge in [-0.05, 0) is 36.5 Å². The first kappa shape index (κ1) is 21.7. The Morgan fingerprint density at radius 2 is 2.04 bits per heavy atom. The fourth-order valence-corrected chi connectivity index (χ4v) is 3.22. The monoisotopic (exact) mass is 383 g/mol. The number of nitrogens with zero attached hydrogens (tertiary/aromatic N) is 1. The van der Waals surface area contributed by atoms with Crippen LogP contribution < -0.4 is 0 Å². The lowest BCUT2D eigenvalue weighted by Gasteiger charge is -2.23. The second-order valence-corrected chi connectivity index (χ2v) is 7.21. The highest BCUT2D eigenvalue weighted by atomic mass is 16.4. The number of amides is 1. The standard InChI is InChI=1S/C23H29NO4/c1-3-4-5-6-17(2)21(25)13-11-20-12-14-22(26)24(20)16-15-18-7-9-19(10-8-18)23(27)28/h7-11,13,17,20-21,25H,3,6,12,14-16H2,1-2H3,(H,27,28)/t17-,20?,21-/m0/s1. The van der Waals surface area contributed by atoms with Crippen molar-refractivity contribution in [3.8, 4) is 11.8 Å². The van der Waals surface area contributed by atoms with Crippen molar-refractivity contribution in [2.75, 3.05) is 6.54 Å². The van der Waals surface area contributed by atoms with Gasteiger partial charge in [0.25, 0.3) is 0 Å². The quantitative estimate of drug-likeness (QED) is 0.533. The Morgan fingerprint density at radius 1 is 1.32 bits per heavy atom. The predicted molar refractivity (Wildman–Crippen MR) is 109 cm³/mol. The Morgan fingerprint density at radius 3 is 2.68 bits per heavy atom. The largest absolute Gasteiger partial charge is 0.478 e. The molecule has 1 aliphatic heterocycles. The van der Waals surface area contributed by atoms with Crippen molar-refractivity contribution in [3.05, 3.63) is 47.5 Å². The molecule has 3 atom stereocenters. The highest BCUT2D eigenvalue weighted by Gasteiger charge is 2.28. The molecule has 1 aromatic carbocycles. The molecule has 1 amide bonds. The molecule has 1 heterocycles. The summed E-state index contributed by atoms with van der Waals surface area (Å²) < 4.78 is 0. The molecule has 5 nitrogen and oxygen atoms in total. The van der Waals surface area contributed by atoms with Crippen molar-refractivity contribution in [2.45, 2.75) is 58.1 Å². The van der Waals surface area contributed by atoms with Gasteiger partial charge in [0.15, 0.2) is 0 Å². The molecule has 0 spiro atoms. The van der Waals surface area contributed by atoms with Gasteiger partial charge in [0.2, 0.25) is 5.91 Å². The fraction of sp³-hybridized carbons (Fsp3) is 0.478. The van der Waals surface area contributed by atoms with Crippen LogP contribution in [0.3, 0.4) is 0 Å².